The van der Waals surface area contributed by atoms with E-state index in [-0.39, 0.29) is 120 Å². The van der Waals surface area contributed by atoms with Gasteiger partial charge >= 0.3 is 0 Å². The molecule has 0 atom stereocenters. The van der Waals surface area contributed by atoms with Crippen molar-refractivity contribution in [1.82, 2.24) is 0 Å². The van der Waals surface area contributed by atoms with E-state index in [0.29, 0.717) is 0 Å². The van der Waals surface area contributed by atoms with Gasteiger partial charge in [0.2, 0.25) is 0 Å². The van der Waals surface area contributed by atoms with Crippen molar-refractivity contribution >= 4 is 101 Å². The second-order valence-electron chi connectivity index (χ2n) is 0. The van der Waals surface area contributed by atoms with Gasteiger partial charge < -0.3 is 0 Å². The van der Waals surface area contributed by atoms with Crippen molar-refractivity contribution in [2.45, 2.75) is 0 Å². The van der Waals surface area contributed by atoms with Gasteiger partial charge in [0.1, 0.15) is 0 Å². The van der Waals surface area contributed by atoms with Gasteiger partial charge in [0, 0.05) is 120 Å². The van der Waals surface area contributed by atoms with Crippen LogP contribution in [0.3, 0.4) is 0 Å². The summed E-state index contributed by atoms with van der Waals surface area (Å²) in [4.78, 5) is 0. The summed E-state index contributed by atoms with van der Waals surface area (Å²) in [6, 6.07) is 0. The van der Waals surface area contributed by atoms with E-state index in [2.05, 4.69) is 0 Å². The predicted molar refractivity (Wildman–Crippen MR) is 17.3 cm³/mol. The Hall–Kier alpha value is 3.90. The van der Waals surface area contributed by atoms with Crippen LogP contribution in [-0.2, 0) is 19.5 Å². The zero-order valence-electron chi connectivity index (χ0n) is 2.70. The molecule has 0 heterocycles. The summed E-state index contributed by atoms with van der Waals surface area (Å²) in [6.45, 7) is 0. The minimum atomic E-state index is 0. The van der Waals surface area contributed by atoms with Gasteiger partial charge in [-0.05, 0) is 0 Å². The Morgan fingerprint density at radius 2 is 1.00 bits per heavy atom. The van der Waals surface area contributed by atoms with Crippen LogP contribution in [0.25, 0.3) is 0 Å². The molecule has 0 aromatic carbocycles. The number of rotatable bonds is 0. The fraction of sp³-hybridized carbons (Fsp3) is 0. The van der Waals surface area contributed by atoms with E-state index in [1.54, 1.807) is 0 Å². The van der Waals surface area contributed by atoms with Gasteiger partial charge in [0.15, 0.2) is 0 Å². The van der Waals surface area contributed by atoms with Crippen molar-refractivity contribution in [2.24, 2.45) is 0 Å². The summed E-state index contributed by atoms with van der Waals surface area (Å²) < 4.78 is 0. The Morgan fingerprint density at radius 3 is 1.00 bits per heavy atom. The van der Waals surface area contributed by atoms with Gasteiger partial charge in [-0.3, -0.25) is 0 Å². The average Bonchev–Trinajstić information content (AvgIpc) is 0. The number of hydrogen-bond donors (Lipinski definition) is 0. The first kappa shape index (κ1) is 24.7. The molecule has 9 valence electrons. The van der Waals surface area contributed by atoms with Crippen LogP contribution < -0.4 is 0 Å². The SMILES string of the molecule is [Al].[Ca].[Sr].[Zn]. The van der Waals surface area contributed by atoms with Crippen LogP contribution in [0, 0.1) is 0 Å². The van der Waals surface area contributed by atoms with Crippen LogP contribution in [0.2, 0.25) is 0 Å². The van der Waals surface area contributed by atoms with Gasteiger partial charge in [-0.25, -0.2) is 0 Å². The summed E-state index contributed by atoms with van der Waals surface area (Å²) in [5.74, 6) is 0. The molecule has 0 unspecified atom stereocenters. The molecule has 0 aliphatic rings. The molecular weight excluding hydrogens is 220 g/mol. The summed E-state index contributed by atoms with van der Waals surface area (Å²) in [5.41, 5.74) is 0. The summed E-state index contributed by atoms with van der Waals surface area (Å²) in [5, 5.41) is 0. The van der Waals surface area contributed by atoms with Crippen molar-refractivity contribution < 1.29 is 19.5 Å². The monoisotopic (exact) mass is 219 g/mol. The maximum Gasteiger partial charge on any atom is 0 e. The Balaban J connectivity index is 0. The van der Waals surface area contributed by atoms with Crippen LogP contribution in [0.15, 0.2) is 0 Å². The van der Waals surface area contributed by atoms with Crippen LogP contribution in [0.4, 0.5) is 0 Å². The minimum absolute atomic E-state index is 0. The van der Waals surface area contributed by atoms with Gasteiger partial charge in [0.25, 0.3) is 0 Å². The molecule has 0 N–H and O–H groups in total. The fourth-order valence-electron chi connectivity index (χ4n) is 0. The topological polar surface area (TPSA) is 0 Å². The molecule has 0 aromatic heterocycles. The molecule has 0 nitrogen and oxygen atoms in total. The van der Waals surface area contributed by atoms with Gasteiger partial charge in [-0.2, -0.15) is 0 Å². The van der Waals surface area contributed by atoms with E-state index in [1.165, 1.54) is 0 Å². The van der Waals surface area contributed by atoms with Crippen LogP contribution in [0.1, 0.15) is 0 Å². The number of hydrogen-bond acceptors (Lipinski definition) is 0. The van der Waals surface area contributed by atoms with Crippen LogP contribution in [-0.4, -0.2) is 101 Å². The third kappa shape index (κ3) is 9.31. The van der Waals surface area contributed by atoms with E-state index >= 15 is 0 Å². The smallest absolute Gasteiger partial charge is 0 e. The molecular formula is AlCaSrZn. The maximum atomic E-state index is 0. The van der Waals surface area contributed by atoms with Gasteiger partial charge in [-0.15, -0.1) is 0 Å². The first-order valence-corrected chi connectivity index (χ1v) is 0. The normalized spacial score (nSPS) is 0. The molecule has 4 heavy (non-hydrogen) atoms. The van der Waals surface area contributed by atoms with Gasteiger partial charge in [-0.1, -0.05) is 0 Å². The molecule has 0 fully saturated rings. The molecule has 0 aromatic rings. The quantitative estimate of drug-likeness (QED) is 0.452. The third-order valence-electron chi connectivity index (χ3n) is 0. The first-order chi connectivity index (χ1) is 0. The first-order valence-electron chi connectivity index (χ1n) is 0. The summed E-state index contributed by atoms with van der Waals surface area (Å²) in [7, 11) is 0. The Morgan fingerprint density at radius 1 is 1.00 bits per heavy atom. The third-order valence-corrected chi connectivity index (χ3v) is 0. The molecule has 0 saturated heterocycles. The van der Waals surface area contributed by atoms with E-state index in [0.717, 1.165) is 0 Å². The molecule has 4 heteroatoms. The standard InChI is InChI=1S/Al.Ca.Sr.Zn. The molecule has 0 spiro atoms. The van der Waals surface area contributed by atoms with Crippen molar-refractivity contribution in [3.05, 3.63) is 0 Å². The maximum absolute atomic E-state index is 0. The average molecular weight is 220 g/mol. The largest absolute Gasteiger partial charge is 0 e. The van der Waals surface area contributed by atoms with Crippen molar-refractivity contribution in [3.8, 4) is 0 Å². The van der Waals surface area contributed by atoms with Crippen molar-refractivity contribution in [3.63, 3.8) is 0 Å². The summed E-state index contributed by atoms with van der Waals surface area (Å²) >= 11 is 0. The Kier molecular flexibility index (Phi) is 97.7. The van der Waals surface area contributed by atoms with E-state index in [9.17, 15) is 0 Å². The molecule has 0 bridgehead atoms. The van der Waals surface area contributed by atoms with E-state index < -0.39 is 0 Å². The second-order valence-corrected chi connectivity index (χ2v) is 0. The zero-order chi connectivity index (χ0) is 0. The minimum Gasteiger partial charge on any atom is 0 e. The van der Waals surface area contributed by atoms with Crippen molar-refractivity contribution in [2.75, 3.05) is 0 Å². The van der Waals surface area contributed by atoms with Gasteiger partial charge in [0.05, 0.1) is 0 Å². The van der Waals surface area contributed by atoms with E-state index in [4.69, 9.17) is 0 Å². The molecule has 0 aliphatic heterocycles. The van der Waals surface area contributed by atoms with Crippen LogP contribution >= 0.6 is 0 Å². The van der Waals surface area contributed by atoms with Crippen molar-refractivity contribution in [1.29, 1.82) is 0 Å². The molecule has 0 rings (SSSR count). The molecule has 0 amide bonds. The molecule has 0 saturated carbocycles. The second kappa shape index (κ2) is 15.8. The molecule has 0 aliphatic carbocycles. The van der Waals surface area contributed by atoms with Crippen LogP contribution in [0.5, 0.6) is 0 Å². The Bertz CT molecular complexity index is 8.00. The fourth-order valence-corrected chi connectivity index (χ4v) is 0. The zero-order valence-corrected chi connectivity index (χ0v) is 12.5. The predicted octanol–water partition coefficient (Wildman–Crippen LogP) is -1.14. The Labute approximate surface area is 117 Å². The molecule has 7 radical (unpaired) electrons. The van der Waals surface area contributed by atoms with E-state index in [1.807, 2.05) is 0 Å². The summed E-state index contributed by atoms with van der Waals surface area (Å²) in [6.07, 6.45) is 0.